The fourth-order valence-corrected chi connectivity index (χ4v) is 3.36. The number of ether oxygens (including phenoxy) is 1. The molecule has 2 N–H and O–H groups in total. The molecule has 120 valence electrons. The van der Waals surface area contributed by atoms with Crippen molar-refractivity contribution in [1.82, 2.24) is 4.98 Å². The highest BCUT2D eigenvalue weighted by Gasteiger charge is 2.26. The van der Waals surface area contributed by atoms with E-state index in [4.69, 9.17) is 10.5 Å². The van der Waals surface area contributed by atoms with Gasteiger partial charge in [0.1, 0.15) is 11.6 Å². The molecular weight excluding hydrogens is 410 g/mol. The zero-order valence-electron chi connectivity index (χ0n) is 12.6. The maximum Gasteiger partial charge on any atom is 0.251 e. The highest BCUT2D eigenvalue weighted by molar-refractivity contribution is 14.1. The third kappa shape index (κ3) is 3.17. The van der Waals surface area contributed by atoms with Gasteiger partial charge in [0.15, 0.2) is 0 Å². The standard InChI is InChI=1S/C17H16FIN2O2/c1-2-23-13-8-11(17(20)22)15(18)14(16(13)19)12-7-10(5-6-21-12)9-3-4-9/h5-9H,2-4H2,1H3,(H2,20,22). The van der Waals surface area contributed by atoms with Gasteiger partial charge < -0.3 is 10.5 Å². The SMILES string of the molecule is CCOc1cc(C(N)=O)c(F)c(-c2cc(C3CC3)ccn2)c1I. The highest BCUT2D eigenvalue weighted by Crippen LogP contribution is 2.42. The van der Waals surface area contributed by atoms with Crippen LogP contribution in [0.15, 0.2) is 24.4 Å². The van der Waals surface area contributed by atoms with E-state index in [0.717, 1.165) is 18.4 Å². The highest BCUT2D eigenvalue weighted by atomic mass is 127. The van der Waals surface area contributed by atoms with Gasteiger partial charge in [-0.05, 0) is 72.0 Å². The number of nitrogens with zero attached hydrogens (tertiary/aromatic N) is 1. The van der Waals surface area contributed by atoms with E-state index in [1.54, 1.807) is 6.20 Å². The average molecular weight is 426 g/mol. The number of rotatable bonds is 5. The van der Waals surface area contributed by atoms with Crippen LogP contribution >= 0.6 is 22.6 Å². The molecule has 1 aromatic heterocycles. The molecule has 3 rings (SSSR count). The second-order valence-corrected chi connectivity index (χ2v) is 6.55. The molecule has 0 spiro atoms. The topological polar surface area (TPSA) is 65.2 Å². The maximum absolute atomic E-state index is 14.8. The van der Waals surface area contributed by atoms with Crippen molar-refractivity contribution >= 4 is 28.5 Å². The van der Waals surface area contributed by atoms with Crippen LogP contribution in [0.25, 0.3) is 11.3 Å². The molecule has 0 atom stereocenters. The summed E-state index contributed by atoms with van der Waals surface area (Å²) in [5.74, 6) is -0.495. The average Bonchev–Trinajstić information content (AvgIpc) is 3.35. The minimum absolute atomic E-state index is 0.178. The number of pyridine rings is 1. The summed E-state index contributed by atoms with van der Waals surface area (Å²) < 4.78 is 21.0. The summed E-state index contributed by atoms with van der Waals surface area (Å²) in [5, 5.41) is 0. The van der Waals surface area contributed by atoms with E-state index < -0.39 is 11.7 Å². The summed E-state index contributed by atoms with van der Waals surface area (Å²) in [7, 11) is 0. The molecule has 0 radical (unpaired) electrons. The molecule has 1 aromatic carbocycles. The molecular formula is C17H16FIN2O2. The third-order valence-electron chi connectivity index (χ3n) is 3.82. The Balaban J connectivity index is 2.20. The van der Waals surface area contributed by atoms with Crippen molar-refractivity contribution in [2.24, 2.45) is 5.73 Å². The summed E-state index contributed by atoms with van der Waals surface area (Å²) in [4.78, 5) is 15.9. The van der Waals surface area contributed by atoms with E-state index in [1.807, 2.05) is 41.6 Å². The molecule has 0 bridgehead atoms. The van der Waals surface area contributed by atoms with Crippen molar-refractivity contribution in [2.45, 2.75) is 25.7 Å². The first-order valence-corrected chi connectivity index (χ1v) is 8.51. The molecule has 2 aromatic rings. The number of halogens is 2. The van der Waals surface area contributed by atoms with Crippen LogP contribution < -0.4 is 10.5 Å². The van der Waals surface area contributed by atoms with E-state index in [9.17, 15) is 9.18 Å². The normalized spacial score (nSPS) is 13.9. The van der Waals surface area contributed by atoms with Crippen LogP contribution in [0.2, 0.25) is 0 Å². The second-order valence-electron chi connectivity index (χ2n) is 5.47. The van der Waals surface area contributed by atoms with Gasteiger partial charge in [0.2, 0.25) is 0 Å². The molecule has 0 aliphatic heterocycles. The summed E-state index contributed by atoms with van der Waals surface area (Å²) in [6.45, 7) is 2.24. The Bertz CT molecular complexity index is 775. The summed E-state index contributed by atoms with van der Waals surface area (Å²) in [6.07, 6.45) is 3.97. The first-order chi connectivity index (χ1) is 11.0. The van der Waals surface area contributed by atoms with Crippen molar-refractivity contribution in [1.29, 1.82) is 0 Å². The summed E-state index contributed by atoms with van der Waals surface area (Å²) in [6, 6.07) is 5.20. The van der Waals surface area contributed by atoms with Crippen molar-refractivity contribution in [3.8, 4) is 17.0 Å². The van der Waals surface area contributed by atoms with Gasteiger partial charge in [-0.1, -0.05) is 0 Å². The lowest BCUT2D eigenvalue weighted by atomic mass is 10.0. The van der Waals surface area contributed by atoms with Crippen molar-refractivity contribution in [3.05, 3.63) is 44.9 Å². The molecule has 4 nitrogen and oxygen atoms in total. The predicted molar refractivity (Wildman–Crippen MR) is 94.0 cm³/mol. The van der Waals surface area contributed by atoms with Crippen molar-refractivity contribution < 1.29 is 13.9 Å². The van der Waals surface area contributed by atoms with Gasteiger partial charge in [0.05, 0.1) is 27.0 Å². The number of amides is 1. The number of hydrogen-bond donors (Lipinski definition) is 1. The Labute approximate surface area is 147 Å². The molecule has 0 saturated heterocycles. The predicted octanol–water partition coefficient (Wildman–Crippen LogP) is 3.87. The molecule has 1 saturated carbocycles. The van der Waals surface area contributed by atoms with Crippen LogP contribution in [0.5, 0.6) is 5.75 Å². The zero-order valence-corrected chi connectivity index (χ0v) is 14.8. The first kappa shape index (κ1) is 16.2. The van der Waals surface area contributed by atoms with Crippen LogP contribution in [0.3, 0.4) is 0 Å². The molecule has 1 aliphatic rings. The lowest BCUT2D eigenvalue weighted by Gasteiger charge is -2.14. The summed E-state index contributed by atoms with van der Waals surface area (Å²) in [5.41, 5.74) is 7.05. The van der Waals surface area contributed by atoms with E-state index in [0.29, 0.717) is 27.5 Å². The Hall–Kier alpha value is -1.70. The second kappa shape index (κ2) is 6.43. The fourth-order valence-electron chi connectivity index (χ4n) is 2.53. The number of carbonyl (C=O) groups excluding carboxylic acids is 1. The van der Waals surface area contributed by atoms with Crippen LogP contribution in [-0.4, -0.2) is 17.5 Å². The molecule has 1 heterocycles. The van der Waals surface area contributed by atoms with E-state index in [2.05, 4.69) is 4.98 Å². The first-order valence-electron chi connectivity index (χ1n) is 7.43. The van der Waals surface area contributed by atoms with Crippen molar-refractivity contribution in [2.75, 3.05) is 6.61 Å². The maximum atomic E-state index is 14.8. The number of nitrogens with two attached hydrogens (primary N) is 1. The minimum Gasteiger partial charge on any atom is -0.493 e. The largest absolute Gasteiger partial charge is 0.493 e. The number of primary amides is 1. The Kier molecular flexibility index (Phi) is 4.52. The lowest BCUT2D eigenvalue weighted by molar-refractivity contribution is 0.0996. The number of benzene rings is 1. The van der Waals surface area contributed by atoms with E-state index >= 15 is 0 Å². The molecule has 6 heteroatoms. The Morgan fingerprint density at radius 2 is 2.22 bits per heavy atom. The van der Waals surface area contributed by atoms with Gasteiger partial charge in [-0.2, -0.15) is 0 Å². The molecule has 23 heavy (non-hydrogen) atoms. The van der Waals surface area contributed by atoms with Crippen LogP contribution in [-0.2, 0) is 0 Å². The van der Waals surface area contributed by atoms with Crippen molar-refractivity contribution in [3.63, 3.8) is 0 Å². The van der Waals surface area contributed by atoms with Gasteiger partial charge in [-0.15, -0.1) is 0 Å². The number of carbonyl (C=O) groups is 1. The number of aromatic nitrogens is 1. The van der Waals surface area contributed by atoms with E-state index in [-0.39, 0.29) is 11.1 Å². The van der Waals surface area contributed by atoms with Gasteiger partial charge in [-0.3, -0.25) is 9.78 Å². The van der Waals surface area contributed by atoms with Gasteiger partial charge >= 0.3 is 0 Å². The Morgan fingerprint density at radius 3 is 2.83 bits per heavy atom. The monoisotopic (exact) mass is 426 g/mol. The van der Waals surface area contributed by atoms with Gasteiger partial charge in [-0.25, -0.2) is 4.39 Å². The lowest BCUT2D eigenvalue weighted by Crippen LogP contribution is -2.15. The zero-order chi connectivity index (χ0) is 16.6. The van der Waals surface area contributed by atoms with Crippen LogP contribution in [0.4, 0.5) is 4.39 Å². The molecule has 1 fully saturated rings. The quantitative estimate of drug-likeness (QED) is 0.739. The van der Waals surface area contributed by atoms with Gasteiger partial charge in [0.25, 0.3) is 5.91 Å². The molecule has 1 amide bonds. The van der Waals surface area contributed by atoms with Crippen LogP contribution in [0.1, 0.15) is 41.6 Å². The Morgan fingerprint density at radius 1 is 1.48 bits per heavy atom. The smallest absolute Gasteiger partial charge is 0.251 e. The van der Waals surface area contributed by atoms with Crippen LogP contribution in [0, 0.1) is 9.39 Å². The number of hydrogen-bond acceptors (Lipinski definition) is 3. The fraction of sp³-hybridized carbons (Fsp3) is 0.294. The summed E-state index contributed by atoms with van der Waals surface area (Å²) >= 11 is 2.02. The molecule has 0 unspecified atom stereocenters. The third-order valence-corrected chi connectivity index (χ3v) is 4.89. The molecule has 1 aliphatic carbocycles. The van der Waals surface area contributed by atoms with Gasteiger partial charge in [0, 0.05) is 6.20 Å². The van der Waals surface area contributed by atoms with E-state index in [1.165, 1.54) is 6.07 Å². The minimum atomic E-state index is -0.820.